The van der Waals surface area contributed by atoms with Gasteiger partial charge in [-0.3, -0.25) is 14.9 Å². The van der Waals surface area contributed by atoms with E-state index in [2.05, 4.69) is 25.9 Å². The van der Waals surface area contributed by atoms with Crippen LogP contribution in [-0.4, -0.2) is 42.5 Å². The lowest BCUT2D eigenvalue weighted by Gasteiger charge is -2.32. The van der Waals surface area contributed by atoms with E-state index in [1.54, 1.807) is 6.33 Å². The highest BCUT2D eigenvalue weighted by molar-refractivity contribution is 5.52. The minimum atomic E-state index is 0.422. The van der Waals surface area contributed by atoms with Gasteiger partial charge in [0.05, 0.1) is 30.1 Å². The Labute approximate surface area is 147 Å². The number of nitrogens with zero attached hydrogens (tertiary/aromatic N) is 6. The predicted molar refractivity (Wildman–Crippen MR) is 95.7 cm³/mol. The van der Waals surface area contributed by atoms with Gasteiger partial charge in [-0.05, 0) is 31.0 Å². The molecule has 1 aliphatic heterocycles. The van der Waals surface area contributed by atoms with Gasteiger partial charge in [-0.15, -0.1) is 0 Å². The Morgan fingerprint density at radius 2 is 2.08 bits per heavy atom. The average molecular weight is 334 g/mol. The zero-order chi connectivity index (χ0) is 17.1. The topological polar surface area (TPSA) is 59.7 Å². The van der Waals surface area contributed by atoms with Crippen LogP contribution >= 0.6 is 0 Å². The molecule has 0 spiro atoms. The molecule has 1 aliphatic rings. The Morgan fingerprint density at radius 1 is 1.12 bits per heavy atom. The lowest BCUT2D eigenvalue weighted by Crippen LogP contribution is -2.34. The molecular weight excluding hydrogens is 312 g/mol. The lowest BCUT2D eigenvalue weighted by molar-refractivity contribution is 0.198. The molecule has 0 aliphatic carbocycles. The number of pyridine rings is 1. The number of hydrogen-bond donors (Lipinski definition) is 0. The third kappa shape index (κ3) is 3.58. The van der Waals surface area contributed by atoms with Crippen molar-refractivity contribution in [3.63, 3.8) is 0 Å². The Morgan fingerprint density at radius 3 is 2.88 bits per heavy atom. The molecule has 1 fully saturated rings. The minimum absolute atomic E-state index is 0.422. The molecule has 3 aromatic heterocycles. The van der Waals surface area contributed by atoms with Crippen molar-refractivity contribution in [2.45, 2.75) is 25.3 Å². The van der Waals surface area contributed by atoms with Gasteiger partial charge in [-0.2, -0.15) is 0 Å². The van der Waals surface area contributed by atoms with Crippen LogP contribution in [0.1, 0.15) is 30.0 Å². The van der Waals surface area contributed by atoms with Crippen molar-refractivity contribution in [2.24, 2.45) is 7.05 Å². The molecule has 3 aromatic rings. The summed E-state index contributed by atoms with van der Waals surface area (Å²) in [5, 5.41) is 0. The summed E-state index contributed by atoms with van der Waals surface area (Å²) in [5.74, 6) is 0.422. The maximum atomic E-state index is 4.88. The van der Waals surface area contributed by atoms with Crippen LogP contribution in [0, 0.1) is 0 Å². The average Bonchev–Trinajstić information content (AvgIpc) is 3.09. The van der Waals surface area contributed by atoms with Gasteiger partial charge >= 0.3 is 0 Å². The normalized spacial score (nSPS) is 18.4. The Hall–Kier alpha value is -2.60. The third-order valence-corrected chi connectivity index (χ3v) is 4.79. The van der Waals surface area contributed by atoms with E-state index in [4.69, 9.17) is 4.98 Å². The van der Waals surface area contributed by atoms with E-state index >= 15 is 0 Å². The number of piperidine rings is 1. The van der Waals surface area contributed by atoms with Crippen molar-refractivity contribution in [1.29, 1.82) is 0 Å². The minimum Gasteiger partial charge on any atom is -0.332 e. The first-order valence-corrected chi connectivity index (χ1v) is 8.69. The van der Waals surface area contributed by atoms with Gasteiger partial charge in [0.15, 0.2) is 0 Å². The summed E-state index contributed by atoms with van der Waals surface area (Å²) in [4.78, 5) is 20.2. The fraction of sp³-hybridized carbons (Fsp3) is 0.368. The van der Waals surface area contributed by atoms with Crippen LogP contribution in [0.4, 0.5) is 0 Å². The van der Waals surface area contributed by atoms with Gasteiger partial charge < -0.3 is 4.57 Å². The molecule has 0 N–H and O–H groups in total. The maximum absolute atomic E-state index is 4.88. The molecule has 128 valence electrons. The Bertz CT molecular complexity index is 829. The molecule has 4 rings (SSSR count). The van der Waals surface area contributed by atoms with Crippen LogP contribution in [0.15, 0.2) is 49.4 Å². The van der Waals surface area contributed by atoms with Crippen molar-refractivity contribution in [1.82, 2.24) is 29.4 Å². The summed E-state index contributed by atoms with van der Waals surface area (Å²) in [6.45, 7) is 3.08. The summed E-state index contributed by atoms with van der Waals surface area (Å²) in [6, 6.07) is 4.14. The smallest absolute Gasteiger partial charge is 0.107 e. The highest BCUT2D eigenvalue weighted by atomic mass is 15.1. The first kappa shape index (κ1) is 15.9. The van der Waals surface area contributed by atoms with Gasteiger partial charge in [0, 0.05) is 44.6 Å². The van der Waals surface area contributed by atoms with E-state index in [-0.39, 0.29) is 0 Å². The second-order valence-corrected chi connectivity index (χ2v) is 6.65. The molecule has 4 heterocycles. The first-order valence-electron chi connectivity index (χ1n) is 8.69. The van der Waals surface area contributed by atoms with Gasteiger partial charge in [0.1, 0.15) is 5.69 Å². The number of rotatable bonds is 4. The van der Waals surface area contributed by atoms with Crippen LogP contribution in [0.25, 0.3) is 11.4 Å². The summed E-state index contributed by atoms with van der Waals surface area (Å²) in [5.41, 5.74) is 4.23. The molecule has 1 atom stereocenters. The molecule has 25 heavy (non-hydrogen) atoms. The summed E-state index contributed by atoms with van der Waals surface area (Å²) in [6.07, 6.45) is 13.5. The summed E-state index contributed by atoms with van der Waals surface area (Å²) < 4.78 is 1.98. The van der Waals surface area contributed by atoms with E-state index in [1.165, 1.54) is 12.0 Å². The quantitative estimate of drug-likeness (QED) is 0.734. The molecule has 0 radical (unpaired) electrons. The zero-order valence-electron chi connectivity index (χ0n) is 14.4. The third-order valence-electron chi connectivity index (χ3n) is 4.79. The fourth-order valence-electron chi connectivity index (χ4n) is 3.50. The zero-order valence-corrected chi connectivity index (χ0v) is 14.4. The second-order valence-electron chi connectivity index (χ2n) is 6.65. The Kier molecular flexibility index (Phi) is 4.52. The monoisotopic (exact) mass is 334 g/mol. The van der Waals surface area contributed by atoms with Gasteiger partial charge in [-0.1, -0.05) is 6.07 Å². The van der Waals surface area contributed by atoms with Crippen molar-refractivity contribution < 1.29 is 0 Å². The van der Waals surface area contributed by atoms with Crippen molar-refractivity contribution >= 4 is 0 Å². The summed E-state index contributed by atoms with van der Waals surface area (Å²) >= 11 is 0. The van der Waals surface area contributed by atoms with Crippen LogP contribution in [-0.2, 0) is 13.6 Å². The van der Waals surface area contributed by atoms with Crippen LogP contribution in [0.2, 0.25) is 0 Å². The van der Waals surface area contributed by atoms with Crippen LogP contribution in [0.3, 0.4) is 0 Å². The van der Waals surface area contributed by atoms with Gasteiger partial charge in [0.2, 0.25) is 0 Å². The fourth-order valence-corrected chi connectivity index (χ4v) is 3.50. The van der Waals surface area contributed by atoms with Crippen molar-refractivity contribution in [2.75, 3.05) is 13.1 Å². The molecule has 6 nitrogen and oxygen atoms in total. The molecule has 0 unspecified atom stereocenters. The van der Waals surface area contributed by atoms with Gasteiger partial charge in [0.25, 0.3) is 0 Å². The van der Waals surface area contributed by atoms with E-state index < -0.39 is 0 Å². The molecule has 1 saturated heterocycles. The molecular formula is C19H22N6. The molecule has 0 amide bonds. The number of likely N-dealkylation sites (tertiary alicyclic amines) is 1. The largest absolute Gasteiger partial charge is 0.332 e. The SMILES string of the molecule is Cn1cncc1-c1cncc([C@H]2CCCN(Cc3cccnc3)C2)n1. The van der Waals surface area contributed by atoms with Gasteiger partial charge in [-0.25, -0.2) is 9.97 Å². The maximum Gasteiger partial charge on any atom is 0.107 e. The van der Waals surface area contributed by atoms with E-state index in [1.807, 2.05) is 48.7 Å². The van der Waals surface area contributed by atoms with Crippen LogP contribution in [0.5, 0.6) is 0 Å². The second kappa shape index (κ2) is 7.11. The van der Waals surface area contributed by atoms with Crippen LogP contribution < -0.4 is 0 Å². The van der Waals surface area contributed by atoms with E-state index in [9.17, 15) is 0 Å². The lowest BCUT2D eigenvalue weighted by atomic mass is 9.94. The number of imidazole rings is 1. The number of aryl methyl sites for hydroxylation is 1. The highest BCUT2D eigenvalue weighted by Gasteiger charge is 2.23. The molecule has 0 saturated carbocycles. The summed E-state index contributed by atoms with van der Waals surface area (Å²) in [7, 11) is 1.98. The van der Waals surface area contributed by atoms with E-state index in [0.29, 0.717) is 5.92 Å². The molecule has 0 aromatic carbocycles. The predicted octanol–water partition coefficient (Wildman–Crippen LogP) is 2.65. The highest BCUT2D eigenvalue weighted by Crippen LogP contribution is 2.27. The first-order chi connectivity index (χ1) is 12.3. The molecule has 6 heteroatoms. The van der Waals surface area contributed by atoms with Crippen molar-refractivity contribution in [3.8, 4) is 11.4 Å². The molecule has 0 bridgehead atoms. The standard InChI is InChI=1S/C19H22N6/c1-24-14-22-11-19(24)18-10-21-9-17(23-18)16-5-3-7-25(13-16)12-15-4-2-6-20-8-15/h2,4,6,8-11,14,16H,3,5,7,12-13H2,1H3/t16-/m0/s1. The number of aromatic nitrogens is 5. The van der Waals surface area contributed by atoms with Crippen molar-refractivity contribution in [3.05, 3.63) is 60.7 Å². The van der Waals surface area contributed by atoms with E-state index in [0.717, 1.165) is 43.1 Å². The Balaban J connectivity index is 1.51. The number of hydrogen-bond acceptors (Lipinski definition) is 5.